The lowest BCUT2D eigenvalue weighted by molar-refractivity contribution is -0.135. The Bertz CT molecular complexity index is 607. The van der Waals surface area contributed by atoms with E-state index >= 15 is 0 Å². The summed E-state index contributed by atoms with van der Waals surface area (Å²) in [5, 5.41) is 8.26. The number of hydrogen-bond donors (Lipinski definition) is 2. The fourth-order valence-electron chi connectivity index (χ4n) is 2.50. The van der Waals surface area contributed by atoms with Crippen LogP contribution in [0.15, 0.2) is 29.2 Å². The summed E-state index contributed by atoms with van der Waals surface area (Å²) in [4.78, 5) is 14.1. The van der Waals surface area contributed by atoms with E-state index in [-0.39, 0.29) is 22.8 Å². The van der Waals surface area contributed by atoms with Gasteiger partial charge in [-0.25, -0.2) is 13.6 Å². The quantitative estimate of drug-likeness (QED) is 0.845. The lowest BCUT2D eigenvalue weighted by Gasteiger charge is -2.27. The highest BCUT2D eigenvalue weighted by molar-refractivity contribution is 7.89. The topological polar surface area (TPSA) is 92.5 Å². The summed E-state index contributed by atoms with van der Waals surface area (Å²) in [5.41, 5.74) is 0.879. The molecule has 0 radical (unpaired) electrons. The first-order valence-electron chi connectivity index (χ1n) is 6.91. The number of hydrogen-bond acceptors (Lipinski definition) is 4. The number of benzene rings is 1. The largest absolute Gasteiger partial charge is 0.339 e. The molecule has 2 rings (SSSR count). The third kappa shape index (κ3) is 3.61. The molecule has 1 heterocycles. The van der Waals surface area contributed by atoms with E-state index in [0.29, 0.717) is 0 Å². The van der Waals surface area contributed by atoms with Crippen LogP contribution in [0.2, 0.25) is 0 Å². The lowest BCUT2D eigenvalue weighted by Crippen LogP contribution is -2.35. The molecule has 2 unspecified atom stereocenters. The van der Waals surface area contributed by atoms with Crippen molar-refractivity contribution in [1.29, 1.82) is 0 Å². The minimum atomic E-state index is -3.68. The monoisotopic (exact) mass is 311 g/mol. The van der Waals surface area contributed by atoms with E-state index in [1.807, 2.05) is 6.92 Å². The van der Waals surface area contributed by atoms with Gasteiger partial charge in [0.15, 0.2) is 0 Å². The van der Waals surface area contributed by atoms with Gasteiger partial charge in [-0.3, -0.25) is 4.79 Å². The molecule has 0 spiro atoms. The van der Waals surface area contributed by atoms with Gasteiger partial charge >= 0.3 is 0 Å². The van der Waals surface area contributed by atoms with Crippen molar-refractivity contribution in [3.8, 4) is 0 Å². The second-order valence-corrected chi connectivity index (χ2v) is 6.99. The predicted molar refractivity (Wildman–Crippen MR) is 80.0 cm³/mol. The normalized spacial score (nSPS) is 20.2. The van der Waals surface area contributed by atoms with Gasteiger partial charge in [-0.15, -0.1) is 0 Å². The summed E-state index contributed by atoms with van der Waals surface area (Å²) in [6.45, 7) is 3.52. The van der Waals surface area contributed by atoms with Crippen molar-refractivity contribution in [2.75, 3.05) is 20.1 Å². The molecule has 1 amide bonds. The lowest BCUT2D eigenvalue weighted by atomic mass is 10.0. The average molecular weight is 311 g/mol. The standard InChI is InChI=1S/C14H21N3O3S/c1-10(17(2)14(18)12-7-8-16-9-12)11-3-5-13(6-4-11)21(15,19)20/h3-6,10,12,16H,7-9H2,1-2H3,(H2,15,19,20). The predicted octanol–water partition coefficient (Wildman–Crippen LogP) is 0.463. The first-order chi connectivity index (χ1) is 9.80. The smallest absolute Gasteiger partial charge is 0.238 e. The van der Waals surface area contributed by atoms with Gasteiger partial charge in [0.25, 0.3) is 0 Å². The van der Waals surface area contributed by atoms with Crippen molar-refractivity contribution in [2.24, 2.45) is 11.1 Å². The minimum Gasteiger partial charge on any atom is -0.339 e. The number of nitrogens with one attached hydrogen (secondary N) is 1. The molecule has 1 aromatic rings. The summed E-state index contributed by atoms with van der Waals surface area (Å²) in [6, 6.07) is 6.21. The number of nitrogens with two attached hydrogens (primary N) is 1. The molecule has 1 aliphatic heterocycles. The van der Waals surface area contributed by atoms with Gasteiger partial charge in [-0.2, -0.15) is 0 Å². The van der Waals surface area contributed by atoms with E-state index < -0.39 is 10.0 Å². The minimum absolute atomic E-state index is 0.0288. The highest BCUT2D eigenvalue weighted by atomic mass is 32.2. The van der Waals surface area contributed by atoms with Crippen molar-refractivity contribution >= 4 is 15.9 Å². The van der Waals surface area contributed by atoms with E-state index in [0.717, 1.165) is 25.1 Å². The molecule has 21 heavy (non-hydrogen) atoms. The third-order valence-corrected chi connectivity index (χ3v) is 4.96. The molecule has 116 valence electrons. The van der Waals surface area contributed by atoms with Crippen LogP contribution in [-0.2, 0) is 14.8 Å². The molecular weight excluding hydrogens is 290 g/mol. The Labute approximate surface area is 125 Å². The molecule has 3 N–H and O–H groups in total. The van der Waals surface area contributed by atoms with Crippen LogP contribution < -0.4 is 10.5 Å². The van der Waals surface area contributed by atoms with Crippen LogP contribution in [0.5, 0.6) is 0 Å². The van der Waals surface area contributed by atoms with E-state index in [4.69, 9.17) is 5.14 Å². The van der Waals surface area contributed by atoms with Crippen molar-refractivity contribution in [2.45, 2.75) is 24.3 Å². The van der Waals surface area contributed by atoms with Gasteiger partial charge in [0.05, 0.1) is 16.9 Å². The zero-order chi connectivity index (χ0) is 15.6. The maximum atomic E-state index is 12.4. The summed E-state index contributed by atoms with van der Waals surface area (Å²) >= 11 is 0. The Morgan fingerprint density at radius 3 is 2.48 bits per heavy atom. The van der Waals surface area contributed by atoms with Gasteiger partial charge in [0, 0.05) is 13.6 Å². The molecule has 0 aromatic heterocycles. The Balaban J connectivity index is 2.11. The van der Waals surface area contributed by atoms with Crippen molar-refractivity contribution in [3.63, 3.8) is 0 Å². The molecule has 7 heteroatoms. The van der Waals surface area contributed by atoms with Crippen molar-refractivity contribution in [3.05, 3.63) is 29.8 Å². The highest BCUT2D eigenvalue weighted by Gasteiger charge is 2.28. The average Bonchev–Trinajstić information content (AvgIpc) is 2.98. The SMILES string of the molecule is CC(c1ccc(S(N)(=O)=O)cc1)N(C)C(=O)C1CCNC1. The molecule has 0 bridgehead atoms. The third-order valence-electron chi connectivity index (χ3n) is 4.03. The molecule has 1 fully saturated rings. The number of rotatable bonds is 4. The molecule has 2 atom stereocenters. The summed E-state index contributed by atoms with van der Waals surface area (Å²) < 4.78 is 22.5. The fourth-order valence-corrected chi connectivity index (χ4v) is 3.02. The van der Waals surface area contributed by atoms with Crippen LogP contribution in [0, 0.1) is 5.92 Å². The Morgan fingerprint density at radius 1 is 1.38 bits per heavy atom. The van der Waals surface area contributed by atoms with E-state index in [1.54, 1.807) is 24.1 Å². The second-order valence-electron chi connectivity index (χ2n) is 5.43. The maximum absolute atomic E-state index is 12.4. The van der Waals surface area contributed by atoms with Crippen LogP contribution in [-0.4, -0.2) is 39.4 Å². The van der Waals surface area contributed by atoms with Gasteiger partial charge in [0.2, 0.25) is 15.9 Å². The molecule has 1 aliphatic rings. The summed E-state index contributed by atoms with van der Waals surface area (Å²) in [7, 11) is -1.91. The molecule has 6 nitrogen and oxygen atoms in total. The fraction of sp³-hybridized carbons (Fsp3) is 0.500. The molecular formula is C14H21N3O3S. The van der Waals surface area contributed by atoms with E-state index in [1.165, 1.54) is 12.1 Å². The Morgan fingerprint density at radius 2 is 2.00 bits per heavy atom. The summed E-state index contributed by atoms with van der Waals surface area (Å²) in [6.07, 6.45) is 0.861. The molecule has 1 aromatic carbocycles. The van der Waals surface area contributed by atoms with Gasteiger partial charge in [-0.1, -0.05) is 12.1 Å². The number of carbonyl (C=O) groups excluding carboxylic acids is 1. The maximum Gasteiger partial charge on any atom is 0.238 e. The first-order valence-corrected chi connectivity index (χ1v) is 8.45. The highest BCUT2D eigenvalue weighted by Crippen LogP contribution is 2.23. The van der Waals surface area contributed by atoms with Crippen LogP contribution in [0.25, 0.3) is 0 Å². The zero-order valence-corrected chi connectivity index (χ0v) is 13.1. The summed E-state index contributed by atoms with van der Waals surface area (Å²) in [5.74, 6) is 0.143. The van der Waals surface area contributed by atoms with Gasteiger partial charge in [0.1, 0.15) is 0 Å². The zero-order valence-electron chi connectivity index (χ0n) is 12.2. The van der Waals surface area contributed by atoms with Crippen molar-refractivity contribution < 1.29 is 13.2 Å². The van der Waals surface area contributed by atoms with Gasteiger partial charge in [-0.05, 0) is 37.6 Å². The Kier molecular flexibility index (Phi) is 4.65. The number of amides is 1. The van der Waals surface area contributed by atoms with Crippen LogP contribution in [0.1, 0.15) is 24.9 Å². The molecule has 0 saturated carbocycles. The van der Waals surface area contributed by atoms with E-state index in [9.17, 15) is 13.2 Å². The van der Waals surface area contributed by atoms with Crippen LogP contribution in [0.4, 0.5) is 0 Å². The molecule has 1 saturated heterocycles. The molecule has 0 aliphatic carbocycles. The number of carbonyl (C=O) groups is 1. The van der Waals surface area contributed by atoms with Crippen LogP contribution >= 0.6 is 0 Å². The Hall–Kier alpha value is -1.44. The second kappa shape index (κ2) is 6.13. The van der Waals surface area contributed by atoms with Gasteiger partial charge < -0.3 is 10.2 Å². The van der Waals surface area contributed by atoms with Crippen molar-refractivity contribution in [1.82, 2.24) is 10.2 Å². The number of sulfonamides is 1. The van der Waals surface area contributed by atoms with E-state index in [2.05, 4.69) is 5.32 Å². The van der Waals surface area contributed by atoms with Crippen LogP contribution in [0.3, 0.4) is 0 Å². The number of primary sulfonamides is 1. The first kappa shape index (κ1) is 15.9. The number of nitrogens with zero attached hydrogens (tertiary/aromatic N) is 1.